The number of rotatable bonds is 9. The Hall–Kier alpha value is -4.02. The van der Waals surface area contributed by atoms with Crippen molar-refractivity contribution in [2.24, 2.45) is 0 Å². The van der Waals surface area contributed by atoms with Crippen molar-refractivity contribution in [1.29, 1.82) is 0 Å². The molecule has 0 aliphatic carbocycles. The van der Waals surface area contributed by atoms with Crippen LogP contribution < -0.4 is 20.9 Å². The van der Waals surface area contributed by atoms with Gasteiger partial charge in [-0.25, -0.2) is 13.1 Å². The molecule has 4 N–H and O–H groups in total. The van der Waals surface area contributed by atoms with E-state index in [4.69, 9.17) is 0 Å². The second-order valence-electron chi connectivity index (χ2n) is 7.71. The van der Waals surface area contributed by atoms with Crippen molar-refractivity contribution < 1.29 is 22.8 Å². The molecular weight excluding hydrogens is 468 g/mol. The van der Waals surface area contributed by atoms with Crippen molar-refractivity contribution in [1.82, 2.24) is 20.9 Å². The Kier molecular flexibility index (Phi) is 8.71. The minimum Gasteiger partial charge on any atom is -0.349 e. The van der Waals surface area contributed by atoms with E-state index < -0.39 is 27.9 Å². The monoisotopic (exact) mass is 494 g/mol. The molecule has 10 heteroatoms. The van der Waals surface area contributed by atoms with Gasteiger partial charge in [0.15, 0.2) is 0 Å². The van der Waals surface area contributed by atoms with Gasteiger partial charge in [0.1, 0.15) is 0 Å². The number of carbonyl (C=O) groups excluding carboxylic acids is 3. The molecule has 0 aromatic heterocycles. The second kappa shape index (κ2) is 11.9. The first-order valence-electron chi connectivity index (χ1n) is 10.8. The van der Waals surface area contributed by atoms with E-state index in [-0.39, 0.29) is 29.3 Å². The highest BCUT2D eigenvalue weighted by molar-refractivity contribution is 7.89. The smallest absolute Gasteiger partial charge is 0.269 e. The van der Waals surface area contributed by atoms with Crippen LogP contribution in [0.3, 0.4) is 0 Å². The fourth-order valence-corrected chi connectivity index (χ4v) is 4.34. The van der Waals surface area contributed by atoms with Crippen molar-refractivity contribution in [3.63, 3.8) is 0 Å². The highest BCUT2D eigenvalue weighted by Crippen LogP contribution is 2.16. The molecule has 0 heterocycles. The van der Waals surface area contributed by atoms with Crippen LogP contribution in [0, 0.1) is 0 Å². The summed E-state index contributed by atoms with van der Waals surface area (Å²) in [6, 6.07) is 22.9. The highest BCUT2D eigenvalue weighted by atomic mass is 32.2. The minimum absolute atomic E-state index is 0.0503. The fraction of sp³-hybridized carbons (Fsp3) is 0.160. The third-order valence-corrected chi connectivity index (χ3v) is 6.40. The number of nitrogens with one attached hydrogen (secondary N) is 4. The molecule has 0 radical (unpaired) electrons. The van der Waals surface area contributed by atoms with E-state index in [1.165, 1.54) is 31.2 Å². The molecule has 35 heavy (non-hydrogen) atoms. The normalized spacial score (nSPS) is 11.8. The van der Waals surface area contributed by atoms with Crippen molar-refractivity contribution in [2.75, 3.05) is 0 Å². The van der Waals surface area contributed by atoms with Crippen LogP contribution in [0.2, 0.25) is 0 Å². The summed E-state index contributed by atoms with van der Waals surface area (Å²) in [6.07, 6.45) is -0.109. The van der Waals surface area contributed by atoms with Gasteiger partial charge in [0.05, 0.1) is 17.4 Å². The Morgan fingerprint density at radius 1 is 0.829 bits per heavy atom. The Labute approximate surface area is 204 Å². The Morgan fingerprint density at radius 3 is 2.14 bits per heavy atom. The summed E-state index contributed by atoms with van der Waals surface area (Å²) in [7, 11) is -3.86. The van der Waals surface area contributed by atoms with Crippen LogP contribution in [0.4, 0.5) is 0 Å². The highest BCUT2D eigenvalue weighted by Gasteiger charge is 2.19. The SMILES string of the molecule is CC(=O)NC(CC(=O)NNC(=O)c1cccc(S(=O)(=O)NCc2ccccc2)c1)c1ccccc1. The number of hydrogen-bond donors (Lipinski definition) is 4. The zero-order valence-electron chi connectivity index (χ0n) is 19.0. The van der Waals surface area contributed by atoms with Gasteiger partial charge in [0.2, 0.25) is 21.8 Å². The molecule has 1 atom stereocenters. The number of carbonyl (C=O) groups is 3. The Morgan fingerprint density at radius 2 is 1.49 bits per heavy atom. The summed E-state index contributed by atoms with van der Waals surface area (Å²) >= 11 is 0. The van der Waals surface area contributed by atoms with Crippen molar-refractivity contribution >= 4 is 27.7 Å². The van der Waals surface area contributed by atoms with Gasteiger partial charge >= 0.3 is 0 Å². The number of hydrazine groups is 1. The third kappa shape index (κ3) is 7.76. The maximum atomic E-state index is 12.6. The lowest BCUT2D eigenvalue weighted by molar-refractivity contribution is -0.123. The summed E-state index contributed by atoms with van der Waals surface area (Å²) < 4.78 is 27.8. The average molecular weight is 495 g/mol. The van der Waals surface area contributed by atoms with Gasteiger partial charge in [-0.15, -0.1) is 0 Å². The molecule has 0 bridgehead atoms. The fourth-order valence-electron chi connectivity index (χ4n) is 3.28. The predicted octanol–water partition coefficient (Wildman–Crippen LogP) is 2.19. The van der Waals surface area contributed by atoms with Crippen molar-refractivity contribution in [2.45, 2.75) is 30.8 Å². The van der Waals surface area contributed by atoms with Gasteiger partial charge in [-0.05, 0) is 29.3 Å². The van der Waals surface area contributed by atoms with E-state index in [9.17, 15) is 22.8 Å². The summed E-state index contributed by atoms with van der Waals surface area (Å²) in [5, 5.41) is 2.71. The van der Waals surface area contributed by atoms with Crippen LogP contribution in [-0.2, 0) is 26.2 Å². The number of sulfonamides is 1. The maximum Gasteiger partial charge on any atom is 0.269 e. The first-order chi connectivity index (χ1) is 16.7. The molecule has 9 nitrogen and oxygen atoms in total. The standard InChI is InChI=1S/C25H26N4O5S/c1-18(30)27-23(20-11-6-3-7-12-20)16-24(31)28-29-25(32)21-13-8-14-22(15-21)35(33,34)26-17-19-9-4-2-5-10-19/h2-15,23,26H,16-17H2,1H3,(H,27,30)(H,28,31)(H,29,32). The molecule has 3 rings (SSSR count). The van der Waals surface area contributed by atoms with Crippen LogP contribution in [0.5, 0.6) is 0 Å². The molecule has 0 saturated heterocycles. The minimum atomic E-state index is -3.86. The lowest BCUT2D eigenvalue weighted by atomic mass is 10.0. The number of amides is 3. The molecule has 1 unspecified atom stereocenters. The van der Waals surface area contributed by atoms with Crippen LogP contribution in [0.1, 0.15) is 40.9 Å². The predicted molar refractivity (Wildman–Crippen MR) is 130 cm³/mol. The van der Waals surface area contributed by atoms with E-state index in [1.807, 2.05) is 12.1 Å². The van der Waals surface area contributed by atoms with Gasteiger partial charge in [-0.2, -0.15) is 0 Å². The molecule has 3 aromatic carbocycles. The molecule has 182 valence electrons. The molecule has 3 amide bonds. The maximum absolute atomic E-state index is 12.6. The molecule has 0 fully saturated rings. The first-order valence-corrected chi connectivity index (χ1v) is 12.3. The van der Waals surface area contributed by atoms with E-state index in [2.05, 4.69) is 20.9 Å². The topological polar surface area (TPSA) is 133 Å². The second-order valence-corrected chi connectivity index (χ2v) is 9.48. The summed E-state index contributed by atoms with van der Waals surface area (Å²) in [5.74, 6) is -1.52. The zero-order valence-corrected chi connectivity index (χ0v) is 19.8. The lowest BCUT2D eigenvalue weighted by Gasteiger charge is -2.18. The van der Waals surface area contributed by atoms with Crippen LogP contribution in [0.15, 0.2) is 89.8 Å². The van der Waals surface area contributed by atoms with Gasteiger partial charge in [-0.3, -0.25) is 25.2 Å². The van der Waals surface area contributed by atoms with Crippen LogP contribution >= 0.6 is 0 Å². The van der Waals surface area contributed by atoms with Gasteiger partial charge in [0, 0.05) is 19.0 Å². The van der Waals surface area contributed by atoms with E-state index in [0.717, 1.165) is 11.1 Å². The summed E-state index contributed by atoms with van der Waals surface area (Å²) in [6.45, 7) is 1.46. The van der Waals surface area contributed by atoms with Crippen molar-refractivity contribution in [3.05, 3.63) is 102 Å². The first kappa shape index (κ1) is 25.6. The van der Waals surface area contributed by atoms with E-state index >= 15 is 0 Å². The largest absolute Gasteiger partial charge is 0.349 e. The van der Waals surface area contributed by atoms with Gasteiger partial charge < -0.3 is 5.32 Å². The third-order valence-electron chi connectivity index (χ3n) is 5.00. The molecule has 0 aliphatic rings. The quantitative estimate of drug-likeness (QED) is 0.339. The number of benzene rings is 3. The summed E-state index contributed by atoms with van der Waals surface area (Å²) in [4.78, 5) is 36.4. The van der Waals surface area contributed by atoms with Crippen molar-refractivity contribution in [3.8, 4) is 0 Å². The average Bonchev–Trinajstić information content (AvgIpc) is 2.86. The zero-order chi connectivity index (χ0) is 25.3. The van der Waals surface area contributed by atoms with E-state index in [0.29, 0.717) is 0 Å². The molecule has 0 saturated carbocycles. The molecular formula is C25H26N4O5S. The van der Waals surface area contributed by atoms with Gasteiger partial charge in [0.25, 0.3) is 5.91 Å². The Balaban J connectivity index is 1.60. The number of hydrogen-bond acceptors (Lipinski definition) is 5. The lowest BCUT2D eigenvalue weighted by Crippen LogP contribution is -2.43. The Bertz CT molecular complexity index is 1280. The molecule has 0 spiro atoms. The van der Waals surface area contributed by atoms with Crippen LogP contribution in [-0.4, -0.2) is 26.1 Å². The van der Waals surface area contributed by atoms with Crippen LogP contribution in [0.25, 0.3) is 0 Å². The molecule has 0 aliphatic heterocycles. The van der Waals surface area contributed by atoms with Gasteiger partial charge in [-0.1, -0.05) is 66.7 Å². The summed E-state index contributed by atoms with van der Waals surface area (Å²) in [5.41, 5.74) is 6.17. The van der Waals surface area contributed by atoms with E-state index in [1.54, 1.807) is 48.5 Å². The molecule has 3 aromatic rings.